The molecule has 0 aromatic carbocycles. The SMILES string of the molecule is C=P(C)(C)CC[C@H]1OC(n2c(SC)nc3c(=O)[nH]c(C)nc32)[C@H](O)[C@@H]1O.C=P(C)(C)CC[C@H]1OC(n2c(SCC)nc3c(=O)[nH]c(C)nc32)[C@H](O)[C@@H]1O.C=P(C)(C)CC[C@H]1OC(n2c(SCCC)nc3c(=O)[nH]c(C)nc32)[C@H](O)[C@@H]1O.C=P(C)(C)CC[C@H]1OC(n2c(SCCCC)nc3c(=O)[nH]c(C)nc32)[C@H](O)[C@@H]1O. The summed E-state index contributed by atoms with van der Waals surface area (Å²) in [4.78, 5) is 95.1. The standard InChI is InChI=1S/C19H31N4O4PS.C18H29N4O4PS.C17H27N4O4PS.C16H25N4O4PS/c1-6-7-10-29-19-22-13-16(20-11(2)21-17(13)26)23(19)18-15(25)14(24)12(27-18)8-9-28(3,4)5;1-6-9-28-18-21-12-15(19-10(2)20-16(12)25)22(18)17-14(24)13(23)11(26-17)7-8-27(3,4)5;1-6-27-17-20-11-14(18-9(2)19-15(11)24)21(17)16-13(23)12(22)10(25-16)7-8-26(3,4)5;1-8-17-13-10(14(23)18-8)19-16(26-5)20(13)15-12(22)11(21)9(24-15)6-7-25(2,3)4/h12,14-15,18,24-25H,3,6-10H2,1-2,4-5H3,(H,20,21,26);11,13-14,17,23-24H,3,6-9H2,1-2,4-5H3,(H,19,20,25);10,12-13,16,22-23H,3,6-8H2,1-2,4-5H3,(H,18,19,24);9,11-12,15,21-22H,2,6-7H2,1,3-5H3,(H,17,18,23)/t12-,14-,15-,18?;11-,13-,14-,17?;10-,12-,13-,16?;9-,11-,12-,15?/m1111/s1. The minimum Gasteiger partial charge on any atom is -0.388 e. The van der Waals surface area contributed by atoms with Gasteiger partial charge in [-0.15, -0.1) is 52.7 Å². The van der Waals surface area contributed by atoms with Gasteiger partial charge in [-0.05, 0) is 156 Å². The molecule has 40 heteroatoms. The lowest BCUT2D eigenvalue weighted by atomic mass is 10.1. The summed E-state index contributed by atoms with van der Waals surface area (Å²) in [6, 6.07) is 0. The predicted octanol–water partition coefficient (Wildman–Crippen LogP) is 5.81. The first-order valence-electron chi connectivity index (χ1n) is 36.6. The number of aromatic amines is 4. The van der Waals surface area contributed by atoms with Gasteiger partial charge in [-0.2, -0.15) is 0 Å². The molecule has 12 N–H and O–H groups in total. The molecule has 12 heterocycles. The number of H-pyrrole nitrogens is 4. The third kappa shape index (κ3) is 21.4. The number of unbranched alkanes of at least 4 members (excludes halogenated alkanes) is 1. The Morgan fingerprint density at radius 1 is 0.373 bits per heavy atom. The molecular formula is C70H112N16O16P4S4. The van der Waals surface area contributed by atoms with Crippen LogP contribution in [-0.4, -0.2) is 319 Å². The Labute approximate surface area is 656 Å². The smallest absolute Gasteiger partial charge is 0.279 e. The van der Waals surface area contributed by atoms with Crippen LogP contribution in [0.1, 0.15) is 114 Å². The second kappa shape index (κ2) is 37.2. The van der Waals surface area contributed by atoms with Gasteiger partial charge in [0.05, 0.1) is 24.4 Å². The van der Waals surface area contributed by atoms with Crippen LogP contribution in [0.25, 0.3) is 44.7 Å². The van der Waals surface area contributed by atoms with Crippen molar-refractivity contribution in [1.29, 1.82) is 0 Å². The van der Waals surface area contributed by atoms with Crippen LogP contribution in [0.15, 0.2) is 39.8 Å². The monoisotopic (exact) mass is 1680 g/mol. The number of fused-ring (bicyclic) bond motifs is 4. The van der Waals surface area contributed by atoms with Crippen molar-refractivity contribution < 1.29 is 59.8 Å². The number of nitrogens with one attached hydrogen (secondary N) is 4. The molecular weight excluding hydrogens is 1570 g/mol. The number of thioether (sulfide) groups is 4. The van der Waals surface area contributed by atoms with E-state index in [1.165, 1.54) is 47.0 Å². The average molecular weight is 1690 g/mol. The number of rotatable bonds is 26. The summed E-state index contributed by atoms with van der Waals surface area (Å²) in [5, 5.41) is 87.1. The molecule has 0 radical (unpaired) electrons. The molecule has 4 aliphatic heterocycles. The van der Waals surface area contributed by atoms with E-state index in [9.17, 15) is 60.0 Å². The van der Waals surface area contributed by atoms with E-state index in [4.69, 9.17) is 18.9 Å². The molecule has 4 unspecified atom stereocenters. The largest absolute Gasteiger partial charge is 0.388 e. The second-order valence-electron chi connectivity index (χ2n) is 31.0. The highest BCUT2D eigenvalue weighted by molar-refractivity contribution is 7.99. The Kier molecular flexibility index (Phi) is 30.3. The van der Waals surface area contributed by atoms with E-state index in [2.05, 4.69) is 152 Å². The number of nitrogens with zero attached hydrogens (tertiary/aromatic N) is 12. The van der Waals surface area contributed by atoms with Crippen LogP contribution in [0, 0.1) is 27.7 Å². The lowest BCUT2D eigenvalue weighted by molar-refractivity contribution is -0.0400. The van der Waals surface area contributed by atoms with E-state index in [1.54, 1.807) is 46.0 Å². The van der Waals surface area contributed by atoms with E-state index in [1.807, 2.05) is 13.2 Å². The van der Waals surface area contributed by atoms with Crippen molar-refractivity contribution >= 4 is 144 Å². The molecule has 16 atom stereocenters. The van der Waals surface area contributed by atoms with Gasteiger partial charge in [0.25, 0.3) is 22.2 Å². The number of aromatic nitrogens is 16. The van der Waals surface area contributed by atoms with Crippen molar-refractivity contribution in [3.63, 3.8) is 0 Å². The molecule has 0 spiro atoms. The Morgan fingerprint density at radius 3 is 0.855 bits per heavy atom. The van der Waals surface area contributed by atoms with Gasteiger partial charge in [-0.25, -0.2) is 39.9 Å². The molecule has 4 saturated heterocycles. The summed E-state index contributed by atoms with van der Waals surface area (Å²) in [5.74, 6) is 4.18. The molecule has 0 amide bonds. The minimum atomic E-state index is -1.28. The first-order chi connectivity index (χ1) is 51.5. The second-order valence-corrected chi connectivity index (χ2v) is 52.4. The average Bonchev–Trinajstić information content (AvgIpc) is 1.62. The molecule has 0 aliphatic carbocycles. The zero-order valence-electron chi connectivity index (χ0n) is 65.6. The van der Waals surface area contributed by atoms with Crippen LogP contribution in [0.5, 0.6) is 0 Å². The summed E-state index contributed by atoms with van der Waals surface area (Å²) >= 11 is 5.74. The predicted molar refractivity (Wildman–Crippen MR) is 452 cm³/mol. The lowest BCUT2D eigenvalue weighted by Crippen LogP contribution is -2.32. The van der Waals surface area contributed by atoms with Crippen molar-refractivity contribution in [1.82, 2.24) is 78.1 Å². The van der Waals surface area contributed by atoms with Gasteiger partial charge in [0.1, 0.15) is 72.1 Å². The maximum Gasteiger partial charge on any atom is 0.279 e. The minimum absolute atomic E-state index is 0.193. The van der Waals surface area contributed by atoms with Gasteiger partial charge in [0.2, 0.25) is 0 Å². The van der Waals surface area contributed by atoms with Crippen LogP contribution in [-0.2, 0) is 18.9 Å². The maximum atomic E-state index is 12.4. The number of hydrogen-bond donors (Lipinski definition) is 12. The lowest BCUT2D eigenvalue weighted by Gasteiger charge is -2.20. The van der Waals surface area contributed by atoms with Crippen LogP contribution < -0.4 is 22.2 Å². The van der Waals surface area contributed by atoms with Crippen LogP contribution in [0.2, 0.25) is 0 Å². The van der Waals surface area contributed by atoms with Crippen molar-refractivity contribution in [2.24, 2.45) is 0 Å². The number of ether oxygens (including phenoxy) is 4. The number of aliphatic hydroxyl groups excluding tert-OH is 8. The Bertz CT molecular complexity index is 5000. The molecule has 8 aromatic rings. The highest BCUT2D eigenvalue weighted by Crippen LogP contribution is 2.46. The van der Waals surface area contributed by atoms with Crippen LogP contribution >= 0.6 is 74.6 Å². The fraction of sp³-hybridized carbons (Fsp3) is 0.657. The van der Waals surface area contributed by atoms with E-state index in [-0.39, 0.29) is 44.3 Å². The Hall–Kier alpha value is -4.48. The number of imidazole rings is 4. The first kappa shape index (κ1) is 89.5. The summed E-state index contributed by atoms with van der Waals surface area (Å²) in [6.07, 6.45) is 13.5. The van der Waals surface area contributed by atoms with E-state index < -0.39 is 126 Å². The van der Waals surface area contributed by atoms with Crippen molar-refractivity contribution in [3.8, 4) is 0 Å². The zero-order chi connectivity index (χ0) is 81.1. The van der Waals surface area contributed by atoms with E-state index in [0.29, 0.717) is 92.2 Å². The van der Waals surface area contributed by atoms with Crippen LogP contribution in [0.4, 0.5) is 0 Å². The highest BCUT2D eigenvalue weighted by Gasteiger charge is 2.49. The summed E-state index contributed by atoms with van der Waals surface area (Å²) in [5.41, 5.74) is 0.937. The molecule has 110 heavy (non-hydrogen) atoms. The highest BCUT2D eigenvalue weighted by atomic mass is 32.2. The van der Waals surface area contributed by atoms with Gasteiger partial charge in [0, 0.05) is 11.5 Å². The molecule has 32 nitrogen and oxygen atoms in total. The van der Waals surface area contributed by atoms with Gasteiger partial charge < -0.3 is 79.7 Å². The normalized spacial score (nSPS) is 25.9. The van der Waals surface area contributed by atoms with Gasteiger partial charge in [-0.1, -0.05) is 74.2 Å². The Morgan fingerprint density at radius 2 is 0.618 bits per heavy atom. The molecule has 0 bridgehead atoms. The van der Waals surface area contributed by atoms with Gasteiger partial charge in [0.15, 0.2) is 90.2 Å². The molecule has 12 rings (SSSR count). The molecule has 4 aliphatic rings. The van der Waals surface area contributed by atoms with Crippen LogP contribution in [0.3, 0.4) is 0 Å². The summed E-state index contributed by atoms with van der Waals surface area (Å²) in [6.45, 7) is 24.8. The van der Waals surface area contributed by atoms with Gasteiger partial charge >= 0.3 is 0 Å². The molecule has 0 saturated carbocycles. The number of aryl methyl sites for hydroxylation is 4. The van der Waals surface area contributed by atoms with E-state index >= 15 is 0 Å². The molecule has 4 fully saturated rings. The molecule has 612 valence electrons. The topological polar surface area (TPSA) is 453 Å². The third-order valence-corrected chi connectivity index (χ3v) is 28.2. The molecule has 8 aromatic heterocycles. The Balaban J connectivity index is 0.000000169. The third-order valence-electron chi connectivity index (χ3n) is 18.6. The van der Waals surface area contributed by atoms with E-state index in [0.717, 1.165) is 61.2 Å². The fourth-order valence-electron chi connectivity index (χ4n) is 12.9. The first-order valence-corrected chi connectivity index (χ1v) is 53.0. The van der Waals surface area contributed by atoms with Crippen molar-refractivity contribution in [2.75, 3.05) is 101 Å². The number of hydrogen-bond acceptors (Lipinski definition) is 28. The number of aliphatic hydroxyl groups is 8. The van der Waals surface area contributed by atoms with Gasteiger partial charge in [-0.3, -0.25) is 37.4 Å². The zero-order valence-corrected chi connectivity index (χ0v) is 72.4. The quantitative estimate of drug-likeness (QED) is 0.0173. The van der Waals surface area contributed by atoms with Crippen molar-refractivity contribution in [3.05, 3.63) is 64.7 Å². The maximum absolute atomic E-state index is 12.4. The summed E-state index contributed by atoms with van der Waals surface area (Å²) in [7, 11) is 0. The van der Waals surface area contributed by atoms with Crippen molar-refractivity contribution in [2.45, 2.75) is 212 Å². The summed E-state index contributed by atoms with van der Waals surface area (Å²) < 4.78 is 30.8. The fourth-order valence-corrected chi connectivity index (χ4v) is 20.0.